The quantitative estimate of drug-likeness (QED) is 0.238. The number of nitro benzene ring substituents is 1. The predicted molar refractivity (Wildman–Crippen MR) is 104 cm³/mol. The summed E-state index contributed by atoms with van der Waals surface area (Å²) in [7, 11) is 0. The summed E-state index contributed by atoms with van der Waals surface area (Å²) in [6, 6.07) is 12.2. The molecule has 2 N–H and O–H groups in total. The molecule has 0 aliphatic carbocycles. The largest absolute Gasteiger partial charge is 0.494 e. The molecule has 2 rings (SSSR count). The third kappa shape index (κ3) is 6.52. The molecule has 0 saturated heterocycles. The number of carbonyl (C=O) groups excluding carboxylic acids is 2. The Morgan fingerprint density at radius 2 is 1.79 bits per heavy atom. The van der Waals surface area contributed by atoms with Crippen molar-refractivity contribution in [2.45, 2.75) is 19.8 Å². The molecule has 0 aliphatic rings. The molecule has 0 heterocycles. The Balaban J connectivity index is 1.82. The minimum Gasteiger partial charge on any atom is -0.494 e. The van der Waals surface area contributed by atoms with E-state index in [9.17, 15) is 19.7 Å². The van der Waals surface area contributed by atoms with Crippen molar-refractivity contribution in [3.05, 3.63) is 64.2 Å². The number of amides is 2. The second kappa shape index (κ2) is 10.4. The number of hydrogen-bond acceptors (Lipinski definition) is 6. The van der Waals surface area contributed by atoms with Crippen LogP contribution in [-0.2, 0) is 9.59 Å². The van der Waals surface area contributed by atoms with Crippen molar-refractivity contribution in [2.75, 3.05) is 11.9 Å². The highest BCUT2D eigenvalue weighted by Gasteiger charge is 2.12. The molecule has 0 bridgehead atoms. The summed E-state index contributed by atoms with van der Waals surface area (Å²) < 4.78 is 5.52. The molecule has 0 fully saturated rings. The fourth-order valence-corrected chi connectivity index (χ4v) is 2.06. The minimum atomic E-state index is -0.943. The highest BCUT2D eigenvalue weighted by Crippen LogP contribution is 2.16. The average Bonchev–Trinajstić information content (AvgIpc) is 2.69. The van der Waals surface area contributed by atoms with Gasteiger partial charge < -0.3 is 10.1 Å². The molecule has 0 atom stereocenters. The first-order chi connectivity index (χ1) is 13.5. The van der Waals surface area contributed by atoms with Gasteiger partial charge in [0.15, 0.2) is 0 Å². The monoisotopic (exact) mass is 384 g/mol. The Bertz CT molecular complexity index is 848. The van der Waals surface area contributed by atoms with Gasteiger partial charge in [-0.3, -0.25) is 19.7 Å². The number of rotatable bonds is 8. The molecule has 0 aromatic heterocycles. The van der Waals surface area contributed by atoms with Crippen LogP contribution >= 0.6 is 0 Å². The molecule has 9 heteroatoms. The molecular weight excluding hydrogens is 364 g/mol. The highest BCUT2D eigenvalue weighted by molar-refractivity contribution is 6.39. The number of carbonyl (C=O) groups is 2. The third-order valence-electron chi connectivity index (χ3n) is 3.57. The maximum Gasteiger partial charge on any atom is 0.329 e. The van der Waals surface area contributed by atoms with E-state index in [0.717, 1.165) is 12.8 Å². The van der Waals surface area contributed by atoms with Crippen molar-refractivity contribution in [2.24, 2.45) is 5.10 Å². The zero-order chi connectivity index (χ0) is 20.4. The number of hydrogen-bond donors (Lipinski definition) is 2. The van der Waals surface area contributed by atoms with Gasteiger partial charge in [0, 0.05) is 17.8 Å². The summed E-state index contributed by atoms with van der Waals surface area (Å²) in [6.07, 6.45) is 3.27. The second-order valence-electron chi connectivity index (χ2n) is 5.73. The van der Waals surface area contributed by atoms with Crippen molar-refractivity contribution in [3.8, 4) is 5.75 Å². The summed E-state index contributed by atoms with van der Waals surface area (Å²) in [6.45, 7) is 2.69. The first-order valence-corrected chi connectivity index (χ1v) is 8.61. The number of hydrazone groups is 1. The van der Waals surface area contributed by atoms with E-state index in [1.807, 2.05) is 0 Å². The lowest BCUT2D eigenvalue weighted by molar-refractivity contribution is -0.384. The van der Waals surface area contributed by atoms with Crippen molar-refractivity contribution in [1.82, 2.24) is 5.43 Å². The van der Waals surface area contributed by atoms with E-state index in [0.29, 0.717) is 23.6 Å². The van der Waals surface area contributed by atoms with E-state index in [2.05, 4.69) is 22.8 Å². The van der Waals surface area contributed by atoms with Crippen LogP contribution in [0.15, 0.2) is 53.6 Å². The molecule has 0 aliphatic heterocycles. The number of anilines is 1. The van der Waals surface area contributed by atoms with E-state index < -0.39 is 16.7 Å². The van der Waals surface area contributed by atoms with Crippen LogP contribution in [0.4, 0.5) is 11.4 Å². The Morgan fingerprint density at radius 3 is 2.39 bits per heavy atom. The molecule has 9 nitrogen and oxygen atoms in total. The number of ether oxygens (including phenoxy) is 1. The molecule has 2 aromatic carbocycles. The first-order valence-electron chi connectivity index (χ1n) is 8.61. The first kappa shape index (κ1) is 20.6. The highest BCUT2D eigenvalue weighted by atomic mass is 16.6. The van der Waals surface area contributed by atoms with Gasteiger partial charge in [0.1, 0.15) is 5.75 Å². The maximum atomic E-state index is 11.9. The third-order valence-corrected chi connectivity index (χ3v) is 3.57. The van der Waals surface area contributed by atoms with Gasteiger partial charge in [-0.15, -0.1) is 0 Å². The summed E-state index contributed by atoms with van der Waals surface area (Å²) in [5.74, 6) is -1.13. The van der Waals surface area contributed by atoms with Crippen LogP contribution in [0, 0.1) is 10.1 Å². The molecule has 0 spiro atoms. The van der Waals surface area contributed by atoms with Crippen molar-refractivity contribution >= 4 is 29.4 Å². The van der Waals surface area contributed by atoms with Gasteiger partial charge >= 0.3 is 11.8 Å². The molecule has 0 saturated carbocycles. The summed E-state index contributed by atoms with van der Waals surface area (Å²) >= 11 is 0. The number of nitrogens with zero attached hydrogens (tertiary/aromatic N) is 2. The maximum absolute atomic E-state index is 11.9. The smallest absolute Gasteiger partial charge is 0.329 e. The lowest BCUT2D eigenvalue weighted by Gasteiger charge is -2.07. The second-order valence-corrected chi connectivity index (χ2v) is 5.73. The normalized spacial score (nSPS) is 10.5. The van der Waals surface area contributed by atoms with E-state index in [4.69, 9.17) is 4.74 Å². The van der Waals surface area contributed by atoms with Gasteiger partial charge in [0.2, 0.25) is 0 Å². The van der Waals surface area contributed by atoms with E-state index in [1.54, 1.807) is 24.3 Å². The fourth-order valence-electron chi connectivity index (χ4n) is 2.06. The SMILES string of the molecule is CCCCOc1ccc(NC(=O)C(=O)N/N=C\c2ccc([N+](=O)[O-])cc2)cc1. The van der Waals surface area contributed by atoms with Gasteiger partial charge in [0.25, 0.3) is 5.69 Å². The van der Waals surface area contributed by atoms with Crippen LogP contribution in [0.2, 0.25) is 0 Å². The topological polar surface area (TPSA) is 123 Å². The minimum absolute atomic E-state index is 0.0534. The number of unbranched alkanes of at least 4 members (excludes halogenated alkanes) is 1. The average molecular weight is 384 g/mol. The number of nitro groups is 1. The van der Waals surface area contributed by atoms with Crippen molar-refractivity contribution in [1.29, 1.82) is 0 Å². The molecule has 28 heavy (non-hydrogen) atoms. The molecule has 0 radical (unpaired) electrons. The molecule has 2 aromatic rings. The van der Waals surface area contributed by atoms with Crippen LogP contribution in [-0.4, -0.2) is 29.6 Å². The number of benzene rings is 2. The Morgan fingerprint density at radius 1 is 1.11 bits per heavy atom. The van der Waals surface area contributed by atoms with E-state index in [1.165, 1.54) is 30.5 Å². The van der Waals surface area contributed by atoms with Crippen LogP contribution in [0.25, 0.3) is 0 Å². The van der Waals surface area contributed by atoms with Gasteiger partial charge in [-0.25, -0.2) is 5.43 Å². The zero-order valence-electron chi connectivity index (χ0n) is 15.3. The van der Waals surface area contributed by atoms with Crippen LogP contribution < -0.4 is 15.5 Å². The Labute approximate surface area is 161 Å². The number of nitrogens with one attached hydrogen (secondary N) is 2. The van der Waals surface area contributed by atoms with Crippen molar-refractivity contribution < 1.29 is 19.2 Å². The van der Waals surface area contributed by atoms with Crippen molar-refractivity contribution in [3.63, 3.8) is 0 Å². The molecule has 146 valence electrons. The molecular formula is C19H20N4O5. The number of non-ortho nitro benzene ring substituents is 1. The van der Waals surface area contributed by atoms with Crippen LogP contribution in [0.3, 0.4) is 0 Å². The lowest BCUT2D eigenvalue weighted by atomic mass is 10.2. The Kier molecular flexibility index (Phi) is 7.64. The van der Waals surface area contributed by atoms with Gasteiger partial charge in [0.05, 0.1) is 17.7 Å². The van der Waals surface area contributed by atoms with Gasteiger partial charge in [-0.05, 0) is 48.4 Å². The summed E-state index contributed by atoms with van der Waals surface area (Å²) in [5.41, 5.74) is 3.02. The fraction of sp³-hybridized carbons (Fsp3) is 0.211. The molecule has 0 unspecified atom stereocenters. The summed E-state index contributed by atoms with van der Waals surface area (Å²) in [4.78, 5) is 33.7. The molecule has 2 amide bonds. The Hall–Kier alpha value is -3.75. The predicted octanol–water partition coefficient (Wildman–Crippen LogP) is 2.86. The van der Waals surface area contributed by atoms with Crippen LogP contribution in [0.1, 0.15) is 25.3 Å². The van der Waals surface area contributed by atoms with Crippen LogP contribution in [0.5, 0.6) is 5.75 Å². The van der Waals surface area contributed by atoms with E-state index in [-0.39, 0.29) is 5.69 Å². The lowest BCUT2D eigenvalue weighted by Crippen LogP contribution is -2.32. The van der Waals surface area contributed by atoms with Gasteiger partial charge in [-0.2, -0.15) is 5.10 Å². The standard InChI is InChI=1S/C19H20N4O5/c1-2-3-12-28-17-10-6-15(7-11-17)21-18(24)19(25)22-20-13-14-4-8-16(9-5-14)23(26)27/h4-11,13H,2-3,12H2,1H3,(H,21,24)(H,22,25)/b20-13-. The van der Waals surface area contributed by atoms with E-state index >= 15 is 0 Å². The zero-order valence-corrected chi connectivity index (χ0v) is 15.3. The summed E-state index contributed by atoms with van der Waals surface area (Å²) in [5, 5.41) is 16.7. The van der Waals surface area contributed by atoms with Gasteiger partial charge in [-0.1, -0.05) is 13.3 Å².